The normalized spacial score (nSPS) is 16.3. The number of fused-ring (bicyclic) bond motifs is 4. The Kier molecular flexibility index (Phi) is 14.8. The van der Waals surface area contributed by atoms with Crippen LogP contribution in [0.3, 0.4) is 0 Å². The van der Waals surface area contributed by atoms with Crippen molar-refractivity contribution in [1.29, 1.82) is 5.26 Å². The Hall–Kier alpha value is -4.21. The van der Waals surface area contributed by atoms with Crippen molar-refractivity contribution in [2.45, 2.75) is 119 Å². The average molecular weight is 734 g/mol. The monoisotopic (exact) mass is 733 g/mol. The number of nitriles is 1. The van der Waals surface area contributed by atoms with Crippen molar-refractivity contribution in [2.75, 3.05) is 35.6 Å². The number of carbonyl (C=O) groups excluding carboxylic acids is 1. The Balaban J connectivity index is 0.000000443. The van der Waals surface area contributed by atoms with Gasteiger partial charge in [-0.15, -0.1) is 11.3 Å². The summed E-state index contributed by atoms with van der Waals surface area (Å²) in [6.07, 6.45) is 8.86. The van der Waals surface area contributed by atoms with Gasteiger partial charge >= 0.3 is 0 Å². The van der Waals surface area contributed by atoms with E-state index in [4.69, 9.17) is 20.4 Å². The second-order valence-corrected chi connectivity index (χ2v) is 14.6. The molecule has 3 aliphatic heterocycles. The summed E-state index contributed by atoms with van der Waals surface area (Å²) in [4.78, 5) is 24.5. The van der Waals surface area contributed by atoms with Gasteiger partial charge in [0.05, 0.1) is 28.9 Å². The molecule has 2 saturated heterocycles. The lowest BCUT2D eigenvalue weighted by atomic mass is 9.90. The van der Waals surface area contributed by atoms with Gasteiger partial charge in [0.1, 0.15) is 40.0 Å². The second kappa shape index (κ2) is 19.0. The van der Waals surface area contributed by atoms with Crippen LogP contribution < -0.4 is 21.3 Å². The van der Waals surface area contributed by atoms with Crippen LogP contribution in [0.25, 0.3) is 32.1 Å². The lowest BCUT2D eigenvalue weighted by Crippen LogP contribution is -2.44. The number of nitrogens with zero attached hydrogens (tertiary/aromatic N) is 4. The molecule has 7 rings (SSSR count). The highest BCUT2D eigenvalue weighted by molar-refractivity contribution is 7.23. The van der Waals surface area contributed by atoms with Crippen molar-refractivity contribution in [1.82, 2.24) is 15.3 Å². The highest BCUT2D eigenvalue weighted by Gasteiger charge is 2.32. The summed E-state index contributed by atoms with van der Waals surface area (Å²) in [5.41, 5.74) is 9.02. The number of nitrogens with two attached hydrogens (primary N) is 1. The van der Waals surface area contributed by atoms with E-state index in [-0.39, 0.29) is 40.1 Å². The zero-order chi connectivity index (χ0) is 37.9. The van der Waals surface area contributed by atoms with Gasteiger partial charge in [0.25, 0.3) is 0 Å². The van der Waals surface area contributed by atoms with Gasteiger partial charge in [-0.3, -0.25) is 4.79 Å². The van der Waals surface area contributed by atoms with E-state index in [0.29, 0.717) is 57.7 Å². The zero-order valence-electron chi connectivity index (χ0n) is 31.9. The minimum atomic E-state index is -0.485. The number of nitrogen functional groups attached to an aromatic ring is 1. The molecule has 0 spiro atoms. The fourth-order valence-corrected chi connectivity index (χ4v) is 7.61. The Labute approximate surface area is 312 Å². The smallest absolute Gasteiger partial charge is 0.242 e. The van der Waals surface area contributed by atoms with Crippen LogP contribution >= 0.6 is 11.3 Å². The van der Waals surface area contributed by atoms with Crippen molar-refractivity contribution in [3.8, 4) is 22.9 Å². The Bertz CT molecular complexity index is 1880. The Morgan fingerprint density at radius 3 is 2.38 bits per heavy atom. The summed E-state index contributed by atoms with van der Waals surface area (Å²) in [5.74, 6) is 1.14. The van der Waals surface area contributed by atoms with Crippen molar-refractivity contribution in [3.63, 3.8) is 0 Å². The molecule has 4 aromatic rings. The number of aromatic nitrogens is 2. The number of benzene rings is 2. The maximum Gasteiger partial charge on any atom is 0.242 e. The molecule has 0 saturated carbocycles. The van der Waals surface area contributed by atoms with E-state index in [9.17, 15) is 19.6 Å². The lowest BCUT2D eigenvalue weighted by Gasteiger charge is -2.26. The quantitative estimate of drug-likeness (QED) is 0.146. The first-order chi connectivity index (χ1) is 25.1. The van der Waals surface area contributed by atoms with E-state index >= 15 is 0 Å². The average Bonchev–Trinajstić information content (AvgIpc) is 3.92. The fourth-order valence-electron chi connectivity index (χ4n) is 6.66. The summed E-state index contributed by atoms with van der Waals surface area (Å²) in [7, 11) is 0. The predicted molar refractivity (Wildman–Crippen MR) is 212 cm³/mol. The molecule has 2 fully saturated rings. The van der Waals surface area contributed by atoms with Crippen molar-refractivity contribution < 1.29 is 19.0 Å². The first-order valence-corrected chi connectivity index (χ1v) is 19.8. The van der Waals surface area contributed by atoms with E-state index in [0.717, 1.165) is 55.2 Å². The van der Waals surface area contributed by atoms with Gasteiger partial charge < -0.3 is 31.1 Å². The number of phenolic OH excluding ortho intramolecular Hbond substituents is 1. The highest BCUT2D eigenvalue weighted by atomic mass is 32.1. The number of hydrogen-bond acceptors (Lipinski definition) is 10. The minimum absolute atomic E-state index is 0.0951. The number of hydrogen-bond donors (Lipinski definition) is 4. The summed E-state index contributed by atoms with van der Waals surface area (Å²) in [6.45, 7) is 17.7. The van der Waals surface area contributed by atoms with Gasteiger partial charge in [0.15, 0.2) is 0 Å². The summed E-state index contributed by atoms with van der Waals surface area (Å²) >= 11 is 1.01. The third kappa shape index (κ3) is 8.69. The molecule has 2 aromatic carbocycles. The number of ether oxygens (including phenoxy) is 1. The van der Waals surface area contributed by atoms with Gasteiger partial charge in [0.2, 0.25) is 11.9 Å². The van der Waals surface area contributed by atoms with Crippen LogP contribution in [0.5, 0.6) is 5.75 Å². The van der Waals surface area contributed by atoms with E-state index in [1.165, 1.54) is 31.7 Å². The number of unbranched alkanes of at least 4 members (excludes halogenated alkanes) is 1. The molecule has 3 aliphatic rings. The van der Waals surface area contributed by atoms with Crippen molar-refractivity contribution in [2.24, 2.45) is 5.92 Å². The maximum atomic E-state index is 14.9. The topological polar surface area (TPSA) is 149 Å². The van der Waals surface area contributed by atoms with Crippen LogP contribution in [0.15, 0.2) is 12.1 Å². The first kappa shape index (κ1) is 40.6. The van der Waals surface area contributed by atoms with Crippen LogP contribution in [0.1, 0.15) is 117 Å². The molecule has 0 bridgehead atoms. The van der Waals surface area contributed by atoms with Crippen LogP contribution in [0.2, 0.25) is 0 Å². The number of aromatic hydroxyl groups is 1. The molecule has 52 heavy (non-hydrogen) atoms. The van der Waals surface area contributed by atoms with Gasteiger partial charge in [-0.25, -0.2) is 9.37 Å². The van der Waals surface area contributed by atoms with Crippen molar-refractivity contribution >= 4 is 55.0 Å². The number of amides is 1. The molecule has 1 amide bonds. The molecule has 12 heteroatoms. The second-order valence-electron chi connectivity index (χ2n) is 13.5. The molecule has 5 N–H and O–H groups in total. The SMILES string of the molecule is CC.CCCC.CCCC(C)C.N#Cc1c(N)sc2c(F)ccc(-c3c4c(c5c(NC6CCCNC6=O)nc(N6CCCC6)nc5c3O)COC4)c12. The van der Waals surface area contributed by atoms with Crippen LogP contribution in [-0.2, 0) is 22.7 Å². The highest BCUT2D eigenvalue weighted by Crippen LogP contribution is 2.50. The summed E-state index contributed by atoms with van der Waals surface area (Å²) in [6, 6.07) is 4.53. The number of phenols is 1. The molecule has 10 nitrogen and oxygen atoms in total. The van der Waals surface area contributed by atoms with E-state index in [1.807, 2.05) is 13.8 Å². The Morgan fingerprint density at radius 1 is 1.10 bits per heavy atom. The number of thiophene rings is 1. The Morgan fingerprint density at radius 2 is 1.79 bits per heavy atom. The van der Waals surface area contributed by atoms with E-state index < -0.39 is 11.9 Å². The molecule has 282 valence electrons. The number of anilines is 3. The maximum absolute atomic E-state index is 14.9. The largest absolute Gasteiger partial charge is 0.505 e. The number of nitrogens with one attached hydrogen (secondary N) is 2. The molecule has 2 aromatic heterocycles. The molecule has 5 heterocycles. The van der Waals surface area contributed by atoms with Gasteiger partial charge in [-0.05, 0) is 54.4 Å². The standard InChI is InChI=1S/C28H26FN7O3S.C6H14.C4H10.C2H6/c29-17-6-5-13(20-14(10-30)25(31)40-24(17)20)19-15-11-39-12-16(15)21-22(23(19)37)34-28(36-8-1-2-9-36)35-26(21)33-18-4-3-7-32-27(18)38;1-4-5-6(2)3;1-3-4-2;1-2/h5-6,18,37H,1-4,7-9,11-12,31H2,(H,32,38)(H,33,34,35);6H,4-5H2,1-3H3;3-4H2,1-2H3;1-2H3. The molecule has 1 atom stereocenters. The van der Waals surface area contributed by atoms with Crippen LogP contribution in [0.4, 0.5) is 21.2 Å². The molecule has 1 unspecified atom stereocenters. The van der Waals surface area contributed by atoms with Gasteiger partial charge in [-0.1, -0.05) is 80.2 Å². The molecular formula is C40H56FN7O3S. The third-order valence-corrected chi connectivity index (χ3v) is 10.4. The fraction of sp³-hybridized carbons (Fsp3) is 0.550. The third-order valence-electron chi connectivity index (χ3n) is 9.37. The van der Waals surface area contributed by atoms with Gasteiger partial charge in [0, 0.05) is 30.6 Å². The van der Waals surface area contributed by atoms with Crippen LogP contribution in [-0.4, -0.2) is 46.7 Å². The lowest BCUT2D eigenvalue weighted by molar-refractivity contribution is -0.123. The number of piperidine rings is 1. The summed E-state index contributed by atoms with van der Waals surface area (Å²) < 4.78 is 21.0. The minimum Gasteiger partial charge on any atom is -0.505 e. The number of carbonyl (C=O) groups is 1. The first-order valence-electron chi connectivity index (χ1n) is 19.0. The molecule has 0 aliphatic carbocycles. The molecule has 0 radical (unpaired) electrons. The van der Waals surface area contributed by atoms with E-state index in [1.54, 1.807) is 6.07 Å². The van der Waals surface area contributed by atoms with Crippen LogP contribution in [0, 0.1) is 23.1 Å². The number of halogens is 1. The van der Waals surface area contributed by atoms with Crippen molar-refractivity contribution in [3.05, 3.63) is 34.6 Å². The number of rotatable bonds is 7. The zero-order valence-corrected chi connectivity index (χ0v) is 32.7. The van der Waals surface area contributed by atoms with Gasteiger partial charge in [-0.2, -0.15) is 10.2 Å². The summed E-state index contributed by atoms with van der Waals surface area (Å²) in [5, 5.41) is 29.2. The molecular weight excluding hydrogens is 678 g/mol. The predicted octanol–water partition coefficient (Wildman–Crippen LogP) is 9.41. The van der Waals surface area contributed by atoms with E-state index in [2.05, 4.69) is 56.2 Å².